The van der Waals surface area contributed by atoms with Crippen LogP contribution < -0.4 is 5.32 Å². The molecule has 0 aromatic heterocycles. The predicted molar refractivity (Wildman–Crippen MR) is 76.2 cm³/mol. The lowest BCUT2D eigenvalue weighted by atomic mass is 9.93. The third-order valence-corrected chi connectivity index (χ3v) is 3.97. The van der Waals surface area contributed by atoms with Crippen LogP contribution in [0.2, 0.25) is 0 Å². The second kappa shape index (κ2) is 6.12. The minimum absolute atomic E-state index is 0.147. The van der Waals surface area contributed by atoms with Crippen LogP contribution in [0.1, 0.15) is 52.9 Å². The van der Waals surface area contributed by atoms with Gasteiger partial charge in [0.25, 0.3) is 0 Å². The molecular formula is C15H28N2O2. The summed E-state index contributed by atoms with van der Waals surface area (Å²) >= 11 is 0. The molecule has 2 heterocycles. The Hall–Kier alpha value is -0.770. The second-order valence-electron chi connectivity index (χ2n) is 6.96. The first-order valence-electron chi connectivity index (χ1n) is 7.65. The van der Waals surface area contributed by atoms with Gasteiger partial charge in [-0.05, 0) is 58.9 Å². The van der Waals surface area contributed by atoms with E-state index in [2.05, 4.69) is 5.32 Å². The van der Waals surface area contributed by atoms with E-state index in [9.17, 15) is 4.79 Å². The van der Waals surface area contributed by atoms with E-state index in [1.165, 1.54) is 25.7 Å². The van der Waals surface area contributed by atoms with Crippen molar-refractivity contribution in [3.63, 3.8) is 0 Å². The van der Waals surface area contributed by atoms with Crippen molar-refractivity contribution >= 4 is 6.09 Å². The number of nitrogens with zero attached hydrogens (tertiary/aromatic N) is 1. The minimum atomic E-state index is -0.389. The summed E-state index contributed by atoms with van der Waals surface area (Å²) in [5.74, 6) is 0.642. The molecule has 0 aliphatic carbocycles. The molecule has 2 unspecified atom stereocenters. The molecule has 0 aromatic rings. The maximum Gasteiger partial charge on any atom is 0.410 e. The first-order valence-corrected chi connectivity index (χ1v) is 7.65. The molecule has 2 rings (SSSR count). The SMILES string of the molecule is CC(C)(C)OC(=O)N1CCC(CC2CCCCN2)C1. The van der Waals surface area contributed by atoms with Crippen molar-refractivity contribution in [2.75, 3.05) is 19.6 Å². The van der Waals surface area contributed by atoms with Crippen LogP contribution in [0.15, 0.2) is 0 Å². The van der Waals surface area contributed by atoms with Crippen LogP contribution in [0, 0.1) is 5.92 Å². The van der Waals surface area contributed by atoms with Crippen molar-refractivity contribution in [2.24, 2.45) is 5.92 Å². The summed E-state index contributed by atoms with van der Waals surface area (Å²) < 4.78 is 5.43. The van der Waals surface area contributed by atoms with Crippen molar-refractivity contribution in [1.82, 2.24) is 10.2 Å². The van der Waals surface area contributed by atoms with Crippen molar-refractivity contribution in [3.8, 4) is 0 Å². The minimum Gasteiger partial charge on any atom is -0.444 e. The van der Waals surface area contributed by atoms with Gasteiger partial charge in [0.1, 0.15) is 5.60 Å². The van der Waals surface area contributed by atoms with E-state index in [1.807, 2.05) is 25.7 Å². The fraction of sp³-hybridized carbons (Fsp3) is 0.933. The van der Waals surface area contributed by atoms with Crippen molar-refractivity contribution in [3.05, 3.63) is 0 Å². The Labute approximate surface area is 116 Å². The van der Waals surface area contributed by atoms with Gasteiger partial charge in [0.05, 0.1) is 0 Å². The maximum atomic E-state index is 12.0. The molecule has 2 aliphatic rings. The Morgan fingerprint density at radius 3 is 2.74 bits per heavy atom. The molecule has 2 fully saturated rings. The van der Waals surface area contributed by atoms with Crippen LogP contribution >= 0.6 is 0 Å². The highest BCUT2D eigenvalue weighted by Crippen LogP contribution is 2.25. The van der Waals surface area contributed by atoms with Crippen LogP contribution in [0.3, 0.4) is 0 Å². The van der Waals surface area contributed by atoms with E-state index in [1.54, 1.807) is 0 Å². The van der Waals surface area contributed by atoms with Gasteiger partial charge in [0, 0.05) is 19.1 Å². The Bertz CT molecular complexity index is 306. The summed E-state index contributed by atoms with van der Waals surface area (Å²) in [6, 6.07) is 0.664. The van der Waals surface area contributed by atoms with Gasteiger partial charge in [0.2, 0.25) is 0 Å². The van der Waals surface area contributed by atoms with Gasteiger partial charge >= 0.3 is 6.09 Å². The monoisotopic (exact) mass is 268 g/mol. The van der Waals surface area contributed by atoms with E-state index in [-0.39, 0.29) is 11.7 Å². The van der Waals surface area contributed by atoms with Crippen LogP contribution in [0.4, 0.5) is 4.79 Å². The number of carbonyl (C=O) groups excluding carboxylic acids is 1. The molecule has 2 atom stereocenters. The number of likely N-dealkylation sites (tertiary alicyclic amines) is 1. The molecule has 0 spiro atoms. The van der Waals surface area contributed by atoms with Gasteiger partial charge in [-0.3, -0.25) is 0 Å². The fourth-order valence-corrected chi connectivity index (χ4v) is 3.04. The highest BCUT2D eigenvalue weighted by atomic mass is 16.6. The molecule has 110 valence electrons. The lowest BCUT2D eigenvalue weighted by molar-refractivity contribution is 0.0286. The van der Waals surface area contributed by atoms with E-state index >= 15 is 0 Å². The first kappa shape index (κ1) is 14.6. The smallest absolute Gasteiger partial charge is 0.410 e. The Balaban J connectivity index is 1.74. The van der Waals surface area contributed by atoms with Crippen LogP contribution in [0.25, 0.3) is 0 Å². The quantitative estimate of drug-likeness (QED) is 0.837. The van der Waals surface area contributed by atoms with Crippen molar-refractivity contribution < 1.29 is 9.53 Å². The number of rotatable bonds is 2. The second-order valence-corrected chi connectivity index (χ2v) is 6.96. The van der Waals surface area contributed by atoms with E-state index in [4.69, 9.17) is 4.74 Å². The third-order valence-electron chi connectivity index (χ3n) is 3.97. The lowest BCUT2D eigenvalue weighted by Crippen LogP contribution is -2.37. The normalized spacial score (nSPS) is 28.5. The number of ether oxygens (including phenoxy) is 1. The van der Waals surface area contributed by atoms with E-state index in [0.717, 1.165) is 26.1 Å². The fourth-order valence-electron chi connectivity index (χ4n) is 3.04. The molecule has 0 bridgehead atoms. The molecule has 0 aromatic carbocycles. The van der Waals surface area contributed by atoms with Gasteiger partial charge in [-0.25, -0.2) is 4.79 Å². The maximum absolute atomic E-state index is 12.0. The number of hydrogen-bond donors (Lipinski definition) is 1. The Kier molecular flexibility index (Phi) is 4.71. The molecule has 0 radical (unpaired) electrons. The molecule has 1 amide bonds. The van der Waals surface area contributed by atoms with E-state index in [0.29, 0.717) is 12.0 Å². The van der Waals surface area contributed by atoms with E-state index < -0.39 is 0 Å². The number of nitrogens with one attached hydrogen (secondary N) is 1. The number of hydrogen-bond acceptors (Lipinski definition) is 3. The molecule has 4 heteroatoms. The summed E-state index contributed by atoms with van der Waals surface area (Å²) in [6.07, 6.45) is 6.14. The van der Waals surface area contributed by atoms with Gasteiger partial charge in [0.15, 0.2) is 0 Å². The highest BCUT2D eigenvalue weighted by Gasteiger charge is 2.31. The molecule has 2 aliphatic heterocycles. The average Bonchev–Trinajstić information content (AvgIpc) is 2.77. The molecule has 4 nitrogen and oxygen atoms in total. The molecule has 0 saturated carbocycles. The number of piperidine rings is 1. The first-order chi connectivity index (χ1) is 8.94. The molecule has 2 saturated heterocycles. The summed E-state index contributed by atoms with van der Waals surface area (Å²) in [7, 11) is 0. The van der Waals surface area contributed by atoms with Crippen molar-refractivity contribution in [1.29, 1.82) is 0 Å². The summed E-state index contributed by atoms with van der Waals surface area (Å²) in [4.78, 5) is 13.9. The van der Waals surface area contributed by atoms with Crippen LogP contribution in [-0.4, -0.2) is 42.3 Å². The molecule has 1 N–H and O–H groups in total. The van der Waals surface area contributed by atoms with Crippen LogP contribution in [-0.2, 0) is 4.74 Å². The average molecular weight is 268 g/mol. The Morgan fingerprint density at radius 2 is 2.11 bits per heavy atom. The zero-order valence-electron chi connectivity index (χ0n) is 12.6. The number of amides is 1. The Morgan fingerprint density at radius 1 is 1.32 bits per heavy atom. The summed E-state index contributed by atoms with van der Waals surface area (Å²) in [5, 5.41) is 3.59. The third kappa shape index (κ3) is 4.68. The van der Waals surface area contributed by atoms with Gasteiger partial charge in [-0.15, -0.1) is 0 Å². The van der Waals surface area contributed by atoms with Crippen molar-refractivity contribution in [2.45, 2.75) is 64.5 Å². The lowest BCUT2D eigenvalue weighted by Gasteiger charge is -2.27. The van der Waals surface area contributed by atoms with Gasteiger partial charge < -0.3 is 15.0 Å². The van der Waals surface area contributed by atoms with Crippen LogP contribution in [0.5, 0.6) is 0 Å². The topological polar surface area (TPSA) is 41.6 Å². The summed E-state index contributed by atoms with van der Waals surface area (Å²) in [5.41, 5.74) is -0.389. The molecule has 19 heavy (non-hydrogen) atoms. The molecular weight excluding hydrogens is 240 g/mol. The predicted octanol–water partition coefficient (Wildman–Crippen LogP) is 2.78. The van der Waals surface area contributed by atoms with Gasteiger partial charge in [-0.2, -0.15) is 0 Å². The highest BCUT2D eigenvalue weighted by molar-refractivity contribution is 5.68. The standard InChI is InChI=1S/C15H28N2O2/c1-15(2,3)19-14(18)17-9-7-12(11-17)10-13-6-4-5-8-16-13/h12-13,16H,4-11H2,1-3H3. The van der Waals surface area contributed by atoms with Gasteiger partial charge in [-0.1, -0.05) is 6.42 Å². The zero-order valence-corrected chi connectivity index (χ0v) is 12.6. The largest absolute Gasteiger partial charge is 0.444 e. The zero-order chi connectivity index (χ0) is 13.9. The summed E-state index contributed by atoms with van der Waals surface area (Å²) in [6.45, 7) is 8.64. The number of carbonyl (C=O) groups is 1.